The van der Waals surface area contributed by atoms with Crippen molar-refractivity contribution in [3.05, 3.63) is 35.0 Å². The van der Waals surface area contributed by atoms with E-state index in [9.17, 15) is 18.3 Å². The number of nitrogens with one attached hydrogen (secondary N) is 1. The molecular weight excluding hydrogens is 279 g/mol. The Bertz CT molecular complexity index is 666. The monoisotopic (exact) mass is 297 g/mol. The van der Waals surface area contributed by atoms with E-state index in [0.29, 0.717) is 24.1 Å². The molecule has 114 valence electrons. The summed E-state index contributed by atoms with van der Waals surface area (Å²) in [6.45, 7) is 1.86. The van der Waals surface area contributed by atoms with Crippen LogP contribution in [0, 0.1) is 6.92 Å². The predicted molar refractivity (Wildman–Crippen MR) is 75.0 cm³/mol. The van der Waals surface area contributed by atoms with Crippen LogP contribution < -0.4 is 0 Å². The summed E-state index contributed by atoms with van der Waals surface area (Å²) in [5.41, 5.74) is 0.370. The third-order valence-corrected chi connectivity index (χ3v) is 4.53. The molecule has 1 aromatic heterocycles. The molecule has 2 N–H and O–H groups in total. The van der Waals surface area contributed by atoms with E-state index in [0.717, 1.165) is 42.3 Å². The SMILES string of the molecule is Cc1c(C2(O)CCCCC2)[nH]c2cc(C(F)(F)F)ccc12. The number of hydrogen-bond acceptors (Lipinski definition) is 1. The standard InChI is InChI=1S/C16H18F3NO/c1-10-12-6-5-11(16(17,18)19)9-13(12)20-14(10)15(21)7-3-2-4-8-15/h5-6,9,20-21H,2-4,7-8H2,1H3. The van der Waals surface area contributed by atoms with Crippen molar-refractivity contribution in [1.29, 1.82) is 0 Å². The number of halogens is 3. The molecule has 0 unspecified atom stereocenters. The van der Waals surface area contributed by atoms with Crippen LogP contribution in [0.2, 0.25) is 0 Å². The van der Waals surface area contributed by atoms with Gasteiger partial charge in [0.05, 0.1) is 11.3 Å². The van der Waals surface area contributed by atoms with Gasteiger partial charge in [-0.15, -0.1) is 0 Å². The van der Waals surface area contributed by atoms with Crippen molar-refractivity contribution in [3.63, 3.8) is 0 Å². The van der Waals surface area contributed by atoms with Gasteiger partial charge in [0, 0.05) is 10.9 Å². The summed E-state index contributed by atoms with van der Waals surface area (Å²) in [5, 5.41) is 11.5. The molecule has 5 heteroatoms. The van der Waals surface area contributed by atoms with E-state index in [4.69, 9.17) is 0 Å². The van der Waals surface area contributed by atoms with E-state index in [1.165, 1.54) is 6.07 Å². The van der Waals surface area contributed by atoms with Crippen LogP contribution >= 0.6 is 0 Å². The molecular formula is C16H18F3NO. The lowest BCUT2D eigenvalue weighted by Crippen LogP contribution is -2.29. The van der Waals surface area contributed by atoms with Crippen molar-refractivity contribution in [2.45, 2.75) is 50.8 Å². The lowest BCUT2D eigenvalue weighted by atomic mass is 9.81. The second-order valence-corrected chi connectivity index (χ2v) is 5.98. The minimum Gasteiger partial charge on any atom is -0.384 e. The molecule has 3 rings (SSSR count). The van der Waals surface area contributed by atoms with Crippen LogP contribution in [0.3, 0.4) is 0 Å². The van der Waals surface area contributed by atoms with Gasteiger partial charge in [-0.05, 0) is 37.5 Å². The molecule has 2 nitrogen and oxygen atoms in total. The number of H-pyrrole nitrogens is 1. The number of benzene rings is 1. The van der Waals surface area contributed by atoms with E-state index in [1.807, 2.05) is 6.92 Å². The summed E-state index contributed by atoms with van der Waals surface area (Å²) in [6.07, 6.45) is -0.0489. The summed E-state index contributed by atoms with van der Waals surface area (Å²) in [5.74, 6) is 0. The fourth-order valence-electron chi connectivity index (χ4n) is 3.37. The van der Waals surface area contributed by atoms with Crippen molar-refractivity contribution < 1.29 is 18.3 Å². The lowest BCUT2D eigenvalue weighted by Gasteiger charge is -2.32. The van der Waals surface area contributed by atoms with E-state index in [1.54, 1.807) is 0 Å². The van der Waals surface area contributed by atoms with Gasteiger partial charge in [0.25, 0.3) is 0 Å². The van der Waals surface area contributed by atoms with Gasteiger partial charge in [0.15, 0.2) is 0 Å². The number of alkyl halides is 3. The molecule has 1 aliphatic carbocycles. The molecule has 0 atom stereocenters. The fraction of sp³-hybridized carbons (Fsp3) is 0.500. The summed E-state index contributed by atoms with van der Waals surface area (Å²) >= 11 is 0. The first-order valence-electron chi connectivity index (χ1n) is 7.24. The van der Waals surface area contributed by atoms with E-state index in [-0.39, 0.29) is 0 Å². The smallest absolute Gasteiger partial charge is 0.384 e. The van der Waals surface area contributed by atoms with Gasteiger partial charge >= 0.3 is 6.18 Å². The van der Waals surface area contributed by atoms with Crippen molar-refractivity contribution in [2.24, 2.45) is 0 Å². The molecule has 0 spiro atoms. The Balaban J connectivity index is 2.11. The number of fused-ring (bicyclic) bond motifs is 1. The Morgan fingerprint density at radius 3 is 2.43 bits per heavy atom. The number of hydrogen-bond donors (Lipinski definition) is 2. The maximum atomic E-state index is 12.8. The maximum Gasteiger partial charge on any atom is 0.416 e. The molecule has 2 aromatic rings. The number of aryl methyl sites for hydroxylation is 1. The zero-order valence-electron chi connectivity index (χ0n) is 11.8. The third-order valence-electron chi connectivity index (χ3n) is 4.53. The zero-order chi connectivity index (χ0) is 15.3. The third kappa shape index (κ3) is 2.44. The number of rotatable bonds is 1. The van der Waals surface area contributed by atoms with E-state index in [2.05, 4.69) is 4.98 Å². The molecule has 1 aliphatic rings. The van der Waals surface area contributed by atoms with Crippen molar-refractivity contribution in [1.82, 2.24) is 4.98 Å². The quantitative estimate of drug-likeness (QED) is 0.790. The van der Waals surface area contributed by atoms with E-state index < -0.39 is 17.3 Å². The molecule has 1 heterocycles. The first-order valence-corrected chi connectivity index (χ1v) is 7.24. The minimum atomic E-state index is -4.35. The Morgan fingerprint density at radius 1 is 1.14 bits per heavy atom. The Labute approximate surface area is 121 Å². The first-order chi connectivity index (χ1) is 9.81. The van der Waals surface area contributed by atoms with Crippen molar-refractivity contribution >= 4 is 10.9 Å². The highest BCUT2D eigenvalue weighted by molar-refractivity contribution is 5.85. The molecule has 0 aliphatic heterocycles. The number of aliphatic hydroxyl groups is 1. The molecule has 1 saturated carbocycles. The normalized spacial score (nSPS) is 19.1. The highest BCUT2D eigenvalue weighted by Crippen LogP contribution is 2.41. The largest absolute Gasteiger partial charge is 0.416 e. The van der Waals surface area contributed by atoms with Crippen LogP contribution in [0.15, 0.2) is 18.2 Å². The Hall–Kier alpha value is -1.49. The molecule has 1 fully saturated rings. The van der Waals surface area contributed by atoms with Crippen LogP contribution in [-0.4, -0.2) is 10.1 Å². The predicted octanol–water partition coefficient (Wildman–Crippen LogP) is 4.65. The van der Waals surface area contributed by atoms with Gasteiger partial charge in [-0.1, -0.05) is 25.3 Å². The van der Waals surface area contributed by atoms with Gasteiger partial charge in [0.1, 0.15) is 5.60 Å². The van der Waals surface area contributed by atoms with Crippen LogP contribution in [0.1, 0.15) is 48.9 Å². The lowest BCUT2D eigenvalue weighted by molar-refractivity contribution is -0.137. The second kappa shape index (κ2) is 4.77. The second-order valence-electron chi connectivity index (χ2n) is 5.98. The Kier molecular flexibility index (Phi) is 3.28. The topological polar surface area (TPSA) is 36.0 Å². The number of aromatic amines is 1. The highest BCUT2D eigenvalue weighted by Gasteiger charge is 2.35. The number of aromatic nitrogens is 1. The Morgan fingerprint density at radius 2 is 1.81 bits per heavy atom. The van der Waals surface area contributed by atoms with Gasteiger partial charge in [0.2, 0.25) is 0 Å². The first kappa shape index (κ1) is 14.4. The van der Waals surface area contributed by atoms with Crippen molar-refractivity contribution in [2.75, 3.05) is 0 Å². The molecule has 1 aromatic carbocycles. The van der Waals surface area contributed by atoms with Crippen LogP contribution in [-0.2, 0) is 11.8 Å². The molecule has 0 saturated heterocycles. The van der Waals surface area contributed by atoms with Gasteiger partial charge < -0.3 is 10.1 Å². The summed E-state index contributed by atoms with van der Waals surface area (Å²) in [7, 11) is 0. The zero-order valence-corrected chi connectivity index (χ0v) is 11.8. The average molecular weight is 297 g/mol. The molecule has 21 heavy (non-hydrogen) atoms. The summed E-state index contributed by atoms with van der Waals surface area (Å²) in [4.78, 5) is 3.04. The fourth-order valence-corrected chi connectivity index (χ4v) is 3.37. The molecule has 0 bridgehead atoms. The van der Waals surface area contributed by atoms with E-state index >= 15 is 0 Å². The maximum absolute atomic E-state index is 12.8. The molecule has 0 radical (unpaired) electrons. The average Bonchev–Trinajstić information content (AvgIpc) is 2.76. The van der Waals surface area contributed by atoms with Crippen molar-refractivity contribution in [3.8, 4) is 0 Å². The van der Waals surface area contributed by atoms with Crippen LogP contribution in [0.4, 0.5) is 13.2 Å². The van der Waals surface area contributed by atoms with Crippen LogP contribution in [0.25, 0.3) is 10.9 Å². The minimum absolute atomic E-state index is 0.441. The highest BCUT2D eigenvalue weighted by atomic mass is 19.4. The van der Waals surface area contributed by atoms with Gasteiger partial charge in [-0.2, -0.15) is 13.2 Å². The van der Waals surface area contributed by atoms with Gasteiger partial charge in [-0.3, -0.25) is 0 Å². The summed E-state index contributed by atoms with van der Waals surface area (Å²) < 4.78 is 38.4. The van der Waals surface area contributed by atoms with Gasteiger partial charge in [-0.25, -0.2) is 0 Å². The summed E-state index contributed by atoms with van der Waals surface area (Å²) in [6, 6.07) is 3.70. The van der Waals surface area contributed by atoms with Crippen LogP contribution in [0.5, 0.6) is 0 Å². The molecule has 0 amide bonds.